The molecule has 0 aliphatic rings. The predicted molar refractivity (Wildman–Crippen MR) is 146 cm³/mol. The molecule has 0 fully saturated rings. The molecule has 0 amide bonds. The molecule has 3 aromatic rings. The summed E-state index contributed by atoms with van der Waals surface area (Å²) in [5.41, 5.74) is 6.69. The summed E-state index contributed by atoms with van der Waals surface area (Å²) < 4.78 is 0. The van der Waals surface area contributed by atoms with Crippen LogP contribution in [-0.4, -0.2) is 38.0 Å². The minimum atomic E-state index is -1.61. The Morgan fingerprint density at radius 2 is 1.10 bits per heavy atom. The third kappa shape index (κ3) is 26.1. The molecule has 3 rings (SSSR count). The summed E-state index contributed by atoms with van der Waals surface area (Å²) in [6.45, 7) is 13.1. The third-order valence-electron chi connectivity index (χ3n) is 2.52. The van der Waals surface area contributed by atoms with Crippen LogP contribution in [0.5, 0.6) is 0 Å². The van der Waals surface area contributed by atoms with Gasteiger partial charge in [-0.05, 0) is 26.6 Å². The van der Waals surface area contributed by atoms with Gasteiger partial charge in [0, 0.05) is 6.61 Å². The molecule has 8 heteroatoms. The smallest absolute Gasteiger partial charge is 0.0771 e. The Labute approximate surface area is 217 Å². The number of aliphatic hydroxyl groups excluding tert-OH is 1. The van der Waals surface area contributed by atoms with Gasteiger partial charge in [0.05, 0.1) is 0 Å². The minimum absolute atomic E-state index is 0. The molecular weight excluding hydrogens is 497 g/mol. The second-order valence-electron chi connectivity index (χ2n) is 8.06. The minimum Gasteiger partial charge on any atom is -0.126 e. The number of nitrogens with one attached hydrogen (secondary N) is 1. The van der Waals surface area contributed by atoms with E-state index in [1.807, 2.05) is 40.4 Å². The Kier molecular flexibility index (Phi) is 28.9. The Hall–Kier alpha value is -0.0819. The molecule has 0 saturated carbocycles. The van der Waals surface area contributed by atoms with Crippen LogP contribution in [0.2, 0.25) is 19.6 Å². The van der Waals surface area contributed by atoms with Crippen molar-refractivity contribution in [2.45, 2.75) is 52.9 Å². The van der Waals surface area contributed by atoms with E-state index >= 15 is 0 Å². The van der Waals surface area contributed by atoms with Gasteiger partial charge in [0.15, 0.2) is 8.32 Å². The summed E-state index contributed by atoms with van der Waals surface area (Å²) in [6, 6.07) is 19.3. The fourth-order valence-corrected chi connectivity index (χ4v) is 1.90. The molecule has 0 aliphatic heterocycles. The van der Waals surface area contributed by atoms with Crippen LogP contribution in [0.1, 0.15) is 27.7 Å². The van der Waals surface area contributed by atoms with Crippen molar-refractivity contribution in [2.75, 3.05) is 6.61 Å². The van der Waals surface area contributed by atoms with Crippen LogP contribution in [0.4, 0.5) is 0 Å². The largest absolute Gasteiger partial charge is 0.126 e. The summed E-state index contributed by atoms with van der Waals surface area (Å²) in [5.74, 6) is 0. The predicted octanol–water partition coefficient (Wildman–Crippen LogP) is 7.27. The van der Waals surface area contributed by atoms with Crippen LogP contribution in [0.15, 0.2) is 54.6 Å². The number of halogens is 2. The number of aliphatic hydroxyl groups is 1. The van der Waals surface area contributed by atoms with Gasteiger partial charge in [-0.3, -0.25) is 0 Å². The summed E-state index contributed by atoms with van der Waals surface area (Å²) in [4.78, 5) is 8.66. The van der Waals surface area contributed by atoms with Crippen LogP contribution >= 0.6 is 24.8 Å². The summed E-state index contributed by atoms with van der Waals surface area (Å²) in [6.07, 6.45) is 0. The van der Waals surface area contributed by atoms with Gasteiger partial charge in [0.25, 0.3) is 0 Å². The molecule has 3 aromatic carbocycles. The van der Waals surface area contributed by atoms with Crippen molar-refractivity contribution in [3.63, 3.8) is 0 Å². The molecule has 0 spiro atoms. The third-order valence-corrected chi connectivity index (χ3v) is 2.52. The SMILES string of the molecule is CC(C)(C)[NH-].CCO.C[Si](C)(C)O.Cl.Cl.[CH3-].[Si]=[Ti].c1ccc2c(c1)[cH-]c1ccccc12. The molecular formula is C23H40Cl2NO2Si2Ti-3. The molecule has 2 radical (unpaired) electrons. The van der Waals surface area contributed by atoms with Crippen molar-refractivity contribution in [1.29, 1.82) is 0 Å². The van der Waals surface area contributed by atoms with E-state index in [0.717, 1.165) is 0 Å². The normalized spacial score (nSPS) is 9.19. The maximum Gasteiger partial charge on any atom is -0.0771 e. The van der Waals surface area contributed by atoms with E-state index < -0.39 is 8.32 Å². The van der Waals surface area contributed by atoms with Crippen LogP contribution in [-0.2, 0) is 19.2 Å². The molecule has 3 nitrogen and oxygen atoms in total. The first-order valence-corrected chi connectivity index (χ1v) is 15.5. The standard InChI is InChI=1S/C13H9.C4H10N.C3H10OSi.C2H6O.CH3.2ClH.Si.Ti/c1-3-7-12-10(5-1)9-11-6-2-4-8-13(11)12;1-4(2,3)5;1-5(2,3)4;1-2-3;;;;;/h1-9H;5H,1-3H3;4H,1-3H3;3H,2H2,1H3;1H3;2*1H;;/q2*-1;;;-1;;;;. The Morgan fingerprint density at radius 1 is 0.903 bits per heavy atom. The maximum absolute atomic E-state index is 8.66. The molecule has 3 N–H and O–H groups in total. The van der Waals surface area contributed by atoms with Gasteiger partial charge in [-0.2, -0.15) is 0 Å². The molecule has 0 atom stereocenters. The van der Waals surface area contributed by atoms with E-state index in [9.17, 15) is 0 Å². The number of hydrogen-bond donors (Lipinski definition) is 2. The van der Waals surface area contributed by atoms with E-state index in [2.05, 4.69) is 62.2 Å². The topological polar surface area (TPSA) is 64.3 Å². The van der Waals surface area contributed by atoms with Crippen LogP contribution < -0.4 is 0 Å². The second-order valence-corrected chi connectivity index (χ2v) is 12.4. The molecule has 0 unspecified atom stereocenters. The Balaban J connectivity index is -0.000000108. The Morgan fingerprint density at radius 3 is 1.32 bits per heavy atom. The quantitative estimate of drug-likeness (QED) is 0.234. The van der Waals surface area contributed by atoms with Crippen molar-refractivity contribution in [1.82, 2.24) is 0 Å². The van der Waals surface area contributed by atoms with Crippen LogP contribution in [0.3, 0.4) is 0 Å². The molecule has 0 bridgehead atoms. The summed E-state index contributed by atoms with van der Waals surface area (Å²) in [7, 11) is 1.36. The van der Waals surface area contributed by atoms with Crippen molar-refractivity contribution >= 4 is 62.3 Å². The fraction of sp³-hybridized carbons (Fsp3) is 0.391. The molecule has 0 heterocycles. The average molecular weight is 538 g/mol. The number of fused-ring (bicyclic) bond motifs is 3. The van der Waals surface area contributed by atoms with Crippen molar-refractivity contribution in [3.8, 4) is 0 Å². The van der Waals surface area contributed by atoms with Gasteiger partial charge in [-0.1, -0.05) is 57.2 Å². The Bertz CT molecular complexity index is 714. The maximum atomic E-state index is 8.66. The number of benzene rings is 2. The second kappa shape index (κ2) is 21.7. The van der Waals surface area contributed by atoms with Gasteiger partial charge in [0.1, 0.15) is 0 Å². The zero-order chi connectivity index (χ0) is 22.4. The van der Waals surface area contributed by atoms with Crippen LogP contribution in [0, 0.1) is 7.43 Å². The van der Waals surface area contributed by atoms with E-state index in [4.69, 9.17) is 15.6 Å². The van der Waals surface area contributed by atoms with Gasteiger partial charge in [-0.15, -0.1) is 70.1 Å². The van der Waals surface area contributed by atoms with E-state index in [-0.39, 0.29) is 44.4 Å². The number of rotatable bonds is 0. The van der Waals surface area contributed by atoms with Gasteiger partial charge in [-0.25, -0.2) is 0 Å². The fourth-order valence-electron chi connectivity index (χ4n) is 1.90. The molecule has 0 aromatic heterocycles. The van der Waals surface area contributed by atoms with Crippen LogP contribution in [0.25, 0.3) is 27.3 Å². The molecule has 31 heavy (non-hydrogen) atoms. The summed E-state index contributed by atoms with van der Waals surface area (Å²) in [5, 5.41) is 13.0. The van der Waals surface area contributed by atoms with Crippen molar-refractivity contribution in [3.05, 3.63) is 67.8 Å². The van der Waals surface area contributed by atoms with Crippen molar-refractivity contribution < 1.29 is 29.1 Å². The van der Waals surface area contributed by atoms with Gasteiger partial charge < -0.3 is 23.1 Å². The molecule has 178 valence electrons. The molecule has 0 aliphatic carbocycles. The first-order chi connectivity index (χ1) is 12.9. The van der Waals surface area contributed by atoms with Gasteiger partial charge in [0.2, 0.25) is 0 Å². The number of hydrogen-bond acceptors (Lipinski definition) is 2. The average Bonchev–Trinajstić information content (AvgIpc) is 2.93. The van der Waals surface area contributed by atoms with Crippen molar-refractivity contribution in [2.24, 2.45) is 0 Å². The van der Waals surface area contributed by atoms with E-state index in [0.29, 0.717) is 0 Å². The monoisotopic (exact) mass is 536 g/mol. The molecule has 0 saturated heterocycles. The van der Waals surface area contributed by atoms with E-state index in [1.165, 1.54) is 21.5 Å². The zero-order valence-electron chi connectivity index (χ0n) is 20.1. The first kappa shape index (κ1) is 41.2. The van der Waals surface area contributed by atoms with E-state index in [1.54, 1.807) is 26.1 Å². The summed E-state index contributed by atoms with van der Waals surface area (Å²) >= 11 is 1.81. The zero-order valence-corrected chi connectivity index (χ0v) is 25.3. The first-order valence-electron chi connectivity index (χ1n) is 9.23. The van der Waals surface area contributed by atoms with Gasteiger partial charge >= 0.3 is 26.8 Å².